The molecule has 3 aromatic rings. The fourth-order valence-electron chi connectivity index (χ4n) is 5.04. The lowest BCUT2D eigenvalue weighted by Crippen LogP contribution is -2.36. The maximum absolute atomic E-state index is 12.7. The summed E-state index contributed by atoms with van der Waals surface area (Å²) in [5, 5.41) is 3.04. The smallest absolute Gasteiger partial charge is 0.272 e. The average molecular weight is 475 g/mol. The van der Waals surface area contributed by atoms with Gasteiger partial charge < -0.3 is 14.8 Å². The van der Waals surface area contributed by atoms with Crippen molar-refractivity contribution in [3.05, 3.63) is 75.2 Å². The highest BCUT2D eigenvalue weighted by atomic mass is 16.1. The second-order valence-corrected chi connectivity index (χ2v) is 10.0. The van der Waals surface area contributed by atoms with Crippen LogP contribution in [0.25, 0.3) is 11.0 Å². The summed E-state index contributed by atoms with van der Waals surface area (Å²) in [5.74, 6) is 0.766. The molecule has 1 fully saturated rings. The normalized spacial score (nSPS) is 14.9. The molecule has 2 heterocycles. The largest absolute Gasteiger partial charge is 0.356 e. The summed E-state index contributed by atoms with van der Waals surface area (Å²) in [6, 6.07) is 14.8. The molecule has 0 radical (unpaired) electrons. The lowest BCUT2D eigenvalue weighted by Gasteiger charge is -2.32. The molecule has 35 heavy (non-hydrogen) atoms. The molecule has 6 nitrogen and oxygen atoms in total. The number of nitrogens with zero attached hydrogens (tertiary/aromatic N) is 3. The Labute approximate surface area is 208 Å². The Balaban J connectivity index is 1.19. The number of aromatic nitrogens is 2. The van der Waals surface area contributed by atoms with Crippen molar-refractivity contribution in [2.24, 2.45) is 5.92 Å². The maximum Gasteiger partial charge on any atom is 0.272 e. The van der Waals surface area contributed by atoms with Gasteiger partial charge in [-0.15, -0.1) is 0 Å². The zero-order valence-corrected chi connectivity index (χ0v) is 21.3. The lowest BCUT2D eigenvalue weighted by atomic mass is 9.90. The average Bonchev–Trinajstić information content (AvgIpc) is 2.85. The highest BCUT2D eigenvalue weighted by Crippen LogP contribution is 2.21. The monoisotopic (exact) mass is 474 g/mol. The van der Waals surface area contributed by atoms with Crippen LogP contribution in [0.4, 0.5) is 0 Å². The van der Waals surface area contributed by atoms with Crippen molar-refractivity contribution < 1.29 is 4.79 Å². The van der Waals surface area contributed by atoms with E-state index in [1.807, 2.05) is 26.0 Å². The molecule has 0 aliphatic carbocycles. The number of amides is 1. The first-order chi connectivity index (χ1) is 16.9. The SMILES string of the molecule is Cc1cc2nc(C)c(=O)n(CCC(=O)NCCCN3CCC(Cc4ccccc4)CC3)c2cc1C. The van der Waals surface area contributed by atoms with E-state index in [9.17, 15) is 9.59 Å². The van der Waals surface area contributed by atoms with Crippen molar-refractivity contribution in [3.8, 4) is 0 Å². The number of likely N-dealkylation sites (tertiary alicyclic amines) is 1. The summed E-state index contributed by atoms with van der Waals surface area (Å²) >= 11 is 0. The van der Waals surface area contributed by atoms with E-state index in [0.717, 1.165) is 54.1 Å². The number of hydrogen-bond donors (Lipinski definition) is 1. The molecule has 0 spiro atoms. The van der Waals surface area contributed by atoms with E-state index < -0.39 is 0 Å². The van der Waals surface area contributed by atoms with Crippen LogP contribution in [0.3, 0.4) is 0 Å². The fourth-order valence-corrected chi connectivity index (χ4v) is 5.04. The van der Waals surface area contributed by atoms with E-state index in [1.165, 1.54) is 24.8 Å². The summed E-state index contributed by atoms with van der Waals surface area (Å²) in [4.78, 5) is 32.2. The summed E-state index contributed by atoms with van der Waals surface area (Å²) in [5.41, 5.74) is 5.65. The van der Waals surface area contributed by atoms with Crippen molar-refractivity contribution in [2.45, 2.75) is 59.4 Å². The standard InChI is InChI=1S/C29H38N4O2/c1-21-18-26-27(19-22(21)2)33(29(35)23(3)31-26)17-12-28(34)30-13-7-14-32-15-10-25(11-16-32)20-24-8-5-4-6-9-24/h4-6,8-9,18-19,25H,7,10-17,20H2,1-3H3,(H,30,34). The molecule has 1 aliphatic heterocycles. The summed E-state index contributed by atoms with van der Waals surface area (Å²) < 4.78 is 1.70. The van der Waals surface area contributed by atoms with Gasteiger partial charge in [-0.05, 0) is 101 Å². The number of aryl methyl sites for hydroxylation is 4. The molecule has 2 aromatic carbocycles. The molecule has 0 bridgehead atoms. The molecule has 4 rings (SSSR count). The van der Waals surface area contributed by atoms with Crippen LogP contribution in [0.1, 0.15) is 48.1 Å². The van der Waals surface area contributed by atoms with Gasteiger partial charge in [0.2, 0.25) is 5.91 Å². The zero-order chi connectivity index (χ0) is 24.8. The number of carbonyl (C=O) groups excluding carboxylic acids is 1. The van der Waals surface area contributed by atoms with Gasteiger partial charge in [0.05, 0.1) is 11.0 Å². The Kier molecular flexibility index (Phi) is 8.34. The number of hydrogen-bond acceptors (Lipinski definition) is 4. The number of benzene rings is 2. The minimum atomic E-state index is -0.121. The third-order valence-electron chi connectivity index (χ3n) is 7.33. The Bertz CT molecular complexity index is 1210. The van der Waals surface area contributed by atoms with Crippen molar-refractivity contribution in [1.29, 1.82) is 0 Å². The van der Waals surface area contributed by atoms with Gasteiger partial charge in [0.25, 0.3) is 5.56 Å². The van der Waals surface area contributed by atoms with E-state index in [2.05, 4.69) is 45.5 Å². The predicted octanol–water partition coefficient (Wildman–Crippen LogP) is 4.17. The van der Waals surface area contributed by atoms with E-state index in [0.29, 0.717) is 18.8 Å². The number of piperidine rings is 1. The van der Waals surface area contributed by atoms with Gasteiger partial charge in [-0.1, -0.05) is 30.3 Å². The molecule has 1 aromatic heterocycles. The second-order valence-electron chi connectivity index (χ2n) is 10.0. The lowest BCUT2D eigenvalue weighted by molar-refractivity contribution is -0.121. The molecule has 6 heteroatoms. The van der Waals surface area contributed by atoms with Crippen molar-refractivity contribution in [2.75, 3.05) is 26.2 Å². The molecule has 0 unspecified atom stereocenters. The van der Waals surface area contributed by atoms with Crippen LogP contribution < -0.4 is 10.9 Å². The molecule has 1 aliphatic rings. The van der Waals surface area contributed by atoms with Gasteiger partial charge in [-0.25, -0.2) is 4.98 Å². The van der Waals surface area contributed by atoms with Crippen LogP contribution in [0.5, 0.6) is 0 Å². The molecule has 1 saturated heterocycles. The molecule has 0 atom stereocenters. The zero-order valence-electron chi connectivity index (χ0n) is 21.3. The predicted molar refractivity (Wildman–Crippen MR) is 142 cm³/mol. The van der Waals surface area contributed by atoms with Crippen LogP contribution in [-0.2, 0) is 17.8 Å². The molecule has 186 valence electrons. The van der Waals surface area contributed by atoms with E-state index in [1.54, 1.807) is 11.5 Å². The Morgan fingerprint density at radius 3 is 2.49 bits per heavy atom. The van der Waals surface area contributed by atoms with Gasteiger partial charge in [-0.3, -0.25) is 9.59 Å². The highest BCUT2D eigenvalue weighted by molar-refractivity contribution is 5.78. The van der Waals surface area contributed by atoms with Crippen LogP contribution in [0.15, 0.2) is 47.3 Å². The minimum Gasteiger partial charge on any atom is -0.356 e. The Morgan fingerprint density at radius 1 is 1.03 bits per heavy atom. The number of carbonyl (C=O) groups is 1. The number of rotatable bonds is 9. The van der Waals surface area contributed by atoms with E-state index >= 15 is 0 Å². The van der Waals surface area contributed by atoms with E-state index in [-0.39, 0.29) is 17.9 Å². The first kappa shape index (κ1) is 25.1. The molecule has 1 amide bonds. The van der Waals surface area contributed by atoms with Crippen molar-refractivity contribution in [1.82, 2.24) is 19.8 Å². The van der Waals surface area contributed by atoms with Gasteiger partial charge in [-0.2, -0.15) is 0 Å². The molecular weight excluding hydrogens is 436 g/mol. The van der Waals surface area contributed by atoms with Crippen molar-refractivity contribution >= 4 is 16.9 Å². The van der Waals surface area contributed by atoms with Gasteiger partial charge in [0, 0.05) is 19.5 Å². The molecular formula is C29H38N4O2. The summed E-state index contributed by atoms with van der Waals surface area (Å²) in [6.07, 6.45) is 4.91. The second kappa shape index (κ2) is 11.6. The van der Waals surface area contributed by atoms with Crippen LogP contribution in [0, 0.1) is 26.7 Å². The Hall–Kier alpha value is -2.99. The molecule has 0 saturated carbocycles. The van der Waals surface area contributed by atoms with Gasteiger partial charge >= 0.3 is 0 Å². The Morgan fingerprint density at radius 2 is 1.74 bits per heavy atom. The van der Waals surface area contributed by atoms with E-state index in [4.69, 9.17) is 0 Å². The minimum absolute atomic E-state index is 0.00933. The van der Waals surface area contributed by atoms with Crippen LogP contribution in [0.2, 0.25) is 0 Å². The maximum atomic E-state index is 12.7. The number of fused-ring (bicyclic) bond motifs is 1. The summed E-state index contributed by atoms with van der Waals surface area (Å²) in [6.45, 7) is 10.1. The van der Waals surface area contributed by atoms with Crippen molar-refractivity contribution in [3.63, 3.8) is 0 Å². The third kappa shape index (κ3) is 6.57. The first-order valence-corrected chi connectivity index (χ1v) is 12.9. The van der Waals surface area contributed by atoms with Crippen LogP contribution in [-0.4, -0.2) is 46.5 Å². The fraction of sp³-hybridized carbons (Fsp3) is 0.483. The van der Waals surface area contributed by atoms with Crippen LogP contribution >= 0.6 is 0 Å². The highest BCUT2D eigenvalue weighted by Gasteiger charge is 2.19. The quantitative estimate of drug-likeness (QED) is 0.473. The molecule has 1 N–H and O–H groups in total. The first-order valence-electron chi connectivity index (χ1n) is 12.9. The number of nitrogens with one attached hydrogen (secondary N) is 1. The topological polar surface area (TPSA) is 67.2 Å². The van der Waals surface area contributed by atoms with Gasteiger partial charge in [0.15, 0.2) is 0 Å². The van der Waals surface area contributed by atoms with Gasteiger partial charge in [0.1, 0.15) is 5.69 Å². The summed E-state index contributed by atoms with van der Waals surface area (Å²) in [7, 11) is 0. The third-order valence-corrected chi connectivity index (χ3v) is 7.33.